The van der Waals surface area contributed by atoms with Crippen LogP contribution in [0.5, 0.6) is 0 Å². The first kappa shape index (κ1) is 29.4. The van der Waals surface area contributed by atoms with Gasteiger partial charge in [0.15, 0.2) is 0 Å². The molecular weight excluding hydrogens is 494 g/mol. The summed E-state index contributed by atoms with van der Waals surface area (Å²) >= 11 is 0. The van der Waals surface area contributed by atoms with Crippen molar-refractivity contribution in [1.29, 1.82) is 0 Å². The number of benzene rings is 5. The van der Waals surface area contributed by atoms with Crippen LogP contribution in [0.15, 0.2) is 146 Å². The monoisotopic (exact) mass is 535 g/mol. The molecular formula is C40H41N. The third-order valence-electron chi connectivity index (χ3n) is 7.22. The van der Waals surface area contributed by atoms with Gasteiger partial charge in [-0.2, -0.15) is 0 Å². The van der Waals surface area contributed by atoms with E-state index in [-0.39, 0.29) is 0 Å². The van der Waals surface area contributed by atoms with Gasteiger partial charge in [0, 0.05) is 5.70 Å². The van der Waals surface area contributed by atoms with E-state index in [1.807, 2.05) is 36.4 Å². The van der Waals surface area contributed by atoms with Crippen LogP contribution in [0.25, 0.3) is 33.5 Å². The highest BCUT2D eigenvalue weighted by Crippen LogP contribution is 2.25. The number of rotatable bonds is 8. The van der Waals surface area contributed by atoms with Gasteiger partial charge in [-0.05, 0) is 76.3 Å². The van der Waals surface area contributed by atoms with Crippen molar-refractivity contribution >= 4 is 11.3 Å². The molecule has 0 aliphatic heterocycles. The van der Waals surface area contributed by atoms with E-state index >= 15 is 0 Å². The maximum atomic E-state index is 5.77. The number of hydrogen-bond acceptors (Lipinski definition) is 1. The molecule has 0 radical (unpaired) electrons. The quantitative estimate of drug-likeness (QED) is 0.210. The molecule has 5 rings (SSSR count). The van der Waals surface area contributed by atoms with Crippen LogP contribution in [0.3, 0.4) is 0 Å². The minimum Gasteiger partial charge on any atom is -0.399 e. The first-order chi connectivity index (χ1) is 20.1. The molecule has 0 atom stereocenters. The zero-order chi connectivity index (χ0) is 28.9. The van der Waals surface area contributed by atoms with E-state index in [0.717, 1.165) is 30.5 Å². The van der Waals surface area contributed by atoms with Crippen molar-refractivity contribution < 1.29 is 0 Å². The van der Waals surface area contributed by atoms with E-state index in [0.29, 0.717) is 0 Å². The molecule has 5 aromatic carbocycles. The molecule has 0 fully saturated rings. The first-order valence-electron chi connectivity index (χ1n) is 14.6. The molecule has 0 amide bonds. The summed E-state index contributed by atoms with van der Waals surface area (Å²) in [6.45, 7) is 6.48. The highest BCUT2D eigenvalue weighted by atomic mass is 14.6. The van der Waals surface area contributed by atoms with Crippen LogP contribution in [0.4, 0.5) is 0 Å². The van der Waals surface area contributed by atoms with Crippen LogP contribution in [0, 0.1) is 0 Å². The van der Waals surface area contributed by atoms with Crippen molar-refractivity contribution in [2.75, 3.05) is 0 Å². The Morgan fingerprint density at radius 3 is 1.68 bits per heavy atom. The second-order valence-electron chi connectivity index (χ2n) is 10.2. The number of allylic oxidation sites excluding steroid dienone is 3. The van der Waals surface area contributed by atoms with E-state index in [1.165, 1.54) is 44.5 Å². The van der Waals surface area contributed by atoms with Crippen LogP contribution < -0.4 is 5.73 Å². The van der Waals surface area contributed by atoms with E-state index < -0.39 is 0 Å². The molecule has 0 saturated carbocycles. The summed E-state index contributed by atoms with van der Waals surface area (Å²) in [5.41, 5.74) is 18.2. The summed E-state index contributed by atoms with van der Waals surface area (Å²) in [5, 5.41) is 0. The second kappa shape index (κ2) is 15.2. The van der Waals surface area contributed by atoms with Crippen LogP contribution in [0.2, 0.25) is 0 Å². The lowest BCUT2D eigenvalue weighted by Crippen LogP contribution is -1.94. The molecule has 0 bridgehead atoms. The average molecular weight is 536 g/mol. The molecule has 0 aliphatic carbocycles. The third kappa shape index (κ3) is 8.68. The minimum absolute atomic E-state index is 0.869. The first-order valence-corrected chi connectivity index (χ1v) is 14.6. The van der Waals surface area contributed by atoms with Crippen LogP contribution >= 0.6 is 0 Å². The largest absolute Gasteiger partial charge is 0.399 e. The molecule has 0 aromatic heterocycles. The zero-order valence-corrected chi connectivity index (χ0v) is 24.6. The van der Waals surface area contributed by atoms with Crippen molar-refractivity contribution in [1.82, 2.24) is 0 Å². The predicted octanol–water partition coefficient (Wildman–Crippen LogP) is 10.6. The standard InChI is InChI=1S/C30H28.C10H13N/c1-3-24-9-7-13-29(21-24)30-14-8-10-25(22-30)16-15-23(2)26-17-19-28(20-18-26)27-11-5-4-6-12-27;1-2-6-10(11)9-7-4-3-5-8-9/h4-15,17-22H,3,16H2,1-2H3;3-8H,2,11H2,1H3/b23-15+;10-6+. The van der Waals surface area contributed by atoms with Crippen molar-refractivity contribution in [2.24, 2.45) is 5.73 Å². The van der Waals surface area contributed by atoms with Gasteiger partial charge in [0.1, 0.15) is 0 Å². The minimum atomic E-state index is 0.869. The van der Waals surface area contributed by atoms with Gasteiger partial charge in [-0.1, -0.05) is 159 Å². The molecule has 0 unspecified atom stereocenters. The summed E-state index contributed by atoms with van der Waals surface area (Å²) in [6.07, 6.45) is 7.35. The second-order valence-corrected chi connectivity index (χ2v) is 10.2. The fourth-order valence-electron chi connectivity index (χ4n) is 4.76. The summed E-state index contributed by atoms with van der Waals surface area (Å²) in [4.78, 5) is 0. The van der Waals surface area contributed by atoms with Crippen LogP contribution in [-0.2, 0) is 12.8 Å². The summed E-state index contributed by atoms with van der Waals surface area (Å²) < 4.78 is 0. The van der Waals surface area contributed by atoms with Gasteiger partial charge in [0.2, 0.25) is 0 Å². The topological polar surface area (TPSA) is 26.0 Å². The Bertz CT molecular complexity index is 1560. The normalized spacial score (nSPS) is 11.5. The smallest absolute Gasteiger partial charge is 0.0346 e. The summed E-state index contributed by atoms with van der Waals surface area (Å²) in [5.74, 6) is 0. The maximum absolute atomic E-state index is 5.77. The lowest BCUT2D eigenvalue weighted by Gasteiger charge is -2.08. The van der Waals surface area contributed by atoms with Gasteiger partial charge >= 0.3 is 0 Å². The van der Waals surface area contributed by atoms with Crippen LogP contribution in [0.1, 0.15) is 49.4 Å². The fraction of sp³-hybridized carbons (Fsp3) is 0.150. The molecule has 0 saturated heterocycles. The Morgan fingerprint density at radius 1 is 0.537 bits per heavy atom. The molecule has 206 valence electrons. The molecule has 0 spiro atoms. The average Bonchev–Trinajstić information content (AvgIpc) is 3.05. The Hall–Kier alpha value is -4.62. The Kier molecular flexibility index (Phi) is 10.9. The van der Waals surface area contributed by atoms with Gasteiger partial charge in [-0.15, -0.1) is 0 Å². The van der Waals surface area contributed by atoms with E-state index in [9.17, 15) is 0 Å². The van der Waals surface area contributed by atoms with E-state index in [1.54, 1.807) is 0 Å². The number of hydrogen-bond donors (Lipinski definition) is 1. The highest BCUT2D eigenvalue weighted by Gasteiger charge is 2.02. The van der Waals surface area contributed by atoms with Gasteiger partial charge in [-0.3, -0.25) is 0 Å². The fourth-order valence-corrected chi connectivity index (χ4v) is 4.76. The molecule has 41 heavy (non-hydrogen) atoms. The summed E-state index contributed by atoms with van der Waals surface area (Å²) in [7, 11) is 0. The van der Waals surface area contributed by atoms with Crippen molar-refractivity contribution in [3.05, 3.63) is 168 Å². The van der Waals surface area contributed by atoms with Gasteiger partial charge < -0.3 is 5.73 Å². The predicted molar refractivity (Wildman–Crippen MR) is 179 cm³/mol. The van der Waals surface area contributed by atoms with Gasteiger partial charge in [0.25, 0.3) is 0 Å². The molecule has 1 heteroatoms. The Morgan fingerprint density at radius 2 is 1.07 bits per heavy atom. The van der Waals surface area contributed by atoms with Crippen molar-refractivity contribution in [3.8, 4) is 22.3 Å². The highest BCUT2D eigenvalue weighted by molar-refractivity contribution is 5.70. The molecule has 2 N–H and O–H groups in total. The molecule has 1 nitrogen and oxygen atoms in total. The summed E-state index contributed by atoms with van der Waals surface area (Å²) in [6, 6.07) is 47.2. The lowest BCUT2D eigenvalue weighted by molar-refractivity contribution is 1.14. The van der Waals surface area contributed by atoms with E-state index in [4.69, 9.17) is 5.73 Å². The number of nitrogens with two attached hydrogens (primary N) is 1. The van der Waals surface area contributed by atoms with E-state index in [2.05, 4.69) is 130 Å². The zero-order valence-electron chi connectivity index (χ0n) is 24.6. The number of aryl methyl sites for hydroxylation is 1. The lowest BCUT2D eigenvalue weighted by atomic mass is 9.97. The van der Waals surface area contributed by atoms with Gasteiger partial charge in [0.05, 0.1) is 0 Å². The van der Waals surface area contributed by atoms with Gasteiger partial charge in [-0.25, -0.2) is 0 Å². The third-order valence-corrected chi connectivity index (χ3v) is 7.22. The Balaban J connectivity index is 0.000000296. The Labute approximate surface area is 246 Å². The van der Waals surface area contributed by atoms with Crippen LogP contribution in [-0.4, -0.2) is 0 Å². The van der Waals surface area contributed by atoms with Crippen molar-refractivity contribution in [2.45, 2.75) is 40.0 Å². The van der Waals surface area contributed by atoms with Crippen molar-refractivity contribution in [3.63, 3.8) is 0 Å². The SMILES string of the molecule is CC/C=C(/N)c1ccccc1.CCc1cccc(-c2cccc(C/C=C(\C)c3ccc(-c4ccccc4)cc3)c2)c1. The molecule has 0 aliphatic rings. The molecule has 0 heterocycles. The molecule has 5 aromatic rings. The maximum Gasteiger partial charge on any atom is 0.0346 e.